The molecule has 1 aliphatic rings. The van der Waals surface area contributed by atoms with Crippen LogP contribution < -0.4 is 10.6 Å². The van der Waals surface area contributed by atoms with Crippen LogP contribution in [0.3, 0.4) is 0 Å². The average molecular weight is 260 g/mol. The number of carbonyl (C=O) groups excluding carboxylic acids is 1. The first-order valence-electron chi connectivity index (χ1n) is 7.29. The van der Waals surface area contributed by atoms with Crippen molar-refractivity contribution in [2.45, 2.75) is 32.6 Å². The summed E-state index contributed by atoms with van der Waals surface area (Å²) >= 11 is 0. The molecule has 1 saturated carbocycles. The summed E-state index contributed by atoms with van der Waals surface area (Å²) in [6, 6.07) is 9.83. The Labute approximate surface area is 115 Å². The van der Waals surface area contributed by atoms with Gasteiger partial charge in [-0.25, -0.2) is 0 Å². The molecule has 0 aromatic heterocycles. The average Bonchev–Trinajstić information content (AvgIpc) is 2.44. The largest absolute Gasteiger partial charge is 0.376 e. The molecule has 1 aromatic carbocycles. The van der Waals surface area contributed by atoms with Gasteiger partial charge in [0.25, 0.3) is 0 Å². The van der Waals surface area contributed by atoms with Gasteiger partial charge >= 0.3 is 0 Å². The summed E-state index contributed by atoms with van der Waals surface area (Å²) in [6.07, 6.45) is 5.17. The molecule has 0 spiro atoms. The highest BCUT2D eigenvalue weighted by Crippen LogP contribution is 2.27. The lowest BCUT2D eigenvalue weighted by Gasteiger charge is -2.26. The molecule has 2 atom stereocenters. The molecule has 3 nitrogen and oxygen atoms in total. The molecule has 2 unspecified atom stereocenters. The summed E-state index contributed by atoms with van der Waals surface area (Å²) in [7, 11) is 0. The van der Waals surface area contributed by atoms with E-state index in [2.05, 4.69) is 17.6 Å². The van der Waals surface area contributed by atoms with E-state index >= 15 is 0 Å². The molecule has 0 heterocycles. The quantitative estimate of drug-likeness (QED) is 0.854. The van der Waals surface area contributed by atoms with Crippen LogP contribution in [-0.4, -0.2) is 19.0 Å². The standard InChI is InChI=1S/C16H24N2O/c1-13-6-5-7-14(10-13)11-18-16(19)12-17-15-8-3-2-4-9-15/h2-4,8-9,13-14,17H,5-7,10-12H2,1H3,(H,18,19). The van der Waals surface area contributed by atoms with Crippen molar-refractivity contribution in [2.75, 3.05) is 18.4 Å². The first-order chi connectivity index (χ1) is 9.24. The smallest absolute Gasteiger partial charge is 0.239 e. The molecule has 19 heavy (non-hydrogen) atoms. The third-order valence-corrected chi connectivity index (χ3v) is 3.86. The predicted octanol–water partition coefficient (Wildman–Crippen LogP) is 3.04. The Morgan fingerprint density at radius 1 is 1.26 bits per heavy atom. The molecule has 0 saturated heterocycles. The normalized spacial score (nSPS) is 22.8. The van der Waals surface area contributed by atoms with Gasteiger partial charge in [0, 0.05) is 12.2 Å². The number of carbonyl (C=O) groups is 1. The fourth-order valence-corrected chi connectivity index (χ4v) is 2.80. The minimum absolute atomic E-state index is 0.0853. The van der Waals surface area contributed by atoms with Crippen LogP contribution in [-0.2, 0) is 4.79 Å². The SMILES string of the molecule is CC1CCCC(CNC(=O)CNc2ccccc2)C1. The number of amides is 1. The van der Waals surface area contributed by atoms with E-state index in [1.165, 1.54) is 25.7 Å². The van der Waals surface area contributed by atoms with E-state index in [1.54, 1.807) is 0 Å². The summed E-state index contributed by atoms with van der Waals surface area (Å²) in [5.74, 6) is 1.57. The fourth-order valence-electron chi connectivity index (χ4n) is 2.80. The molecule has 2 N–H and O–H groups in total. The Morgan fingerprint density at radius 2 is 2.05 bits per heavy atom. The van der Waals surface area contributed by atoms with Gasteiger partial charge in [-0.3, -0.25) is 4.79 Å². The number of nitrogens with one attached hydrogen (secondary N) is 2. The Kier molecular flexibility index (Phi) is 5.25. The van der Waals surface area contributed by atoms with E-state index in [1.807, 2.05) is 30.3 Å². The minimum atomic E-state index is 0.0853. The molecule has 0 radical (unpaired) electrons. The van der Waals surface area contributed by atoms with Gasteiger partial charge in [-0.05, 0) is 36.8 Å². The minimum Gasteiger partial charge on any atom is -0.376 e. The van der Waals surface area contributed by atoms with Crippen LogP contribution >= 0.6 is 0 Å². The topological polar surface area (TPSA) is 41.1 Å². The molecule has 104 valence electrons. The van der Waals surface area contributed by atoms with Crippen molar-refractivity contribution >= 4 is 11.6 Å². The lowest BCUT2D eigenvalue weighted by atomic mass is 9.82. The third kappa shape index (κ3) is 4.93. The highest BCUT2D eigenvalue weighted by atomic mass is 16.1. The van der Waals surface area contributed by atoms with E-state index < -0.39 is 0 Å². The third-order valence-electron chi connectivity index (χ3n) is 3.86. The molecule has 3 heteroatoms. The zero-order valence-electron chi connectivity index (χ0n) is 11.7. The van der Waals surface area contributed by atoms with Crippen LogP contribution in [0, 0.1) is 11.8 Å². The van der Waals surface area contributed by atoms with Crippen LogP contribution in [0.4, 0.5) is 5.69 Å². The Bertz CT molecular complexity index is 391. The van der Waals surface area contributed by atoms with Crippen LogP contribution in [0.15, 0.2) is 30.3 Å². The molecule has 0 bridgehead atoms. The second kappa shape index (κ2) is 7.17. The van der Waals surface area contributed by atoms with Gasteiger partial charge in [0.05, 0.1) is 6.54 Å². The number of rotatable bonds is 5. The van der Waals surface area contributed by atoms with E-state index in [4.69, 9.17) is 0 Å². The van der Waals surface area contributed by atoms with Crippen LogP contribution in [0.1, 0.15) is 32.6 Å². The van der Waals surface area contributed by atoms with Gasteiger partial charge < -0.3 is 10.6 Å². The molecule has 0 aliphatic heterocycles. The van der Waals surface area contributed by atoms with Crippen molar-refractivity contribution < 1.29 is 4.79 Å². The molecular formula is C16H24N2O. The Morgan fingerprint density at radius 3 is 2.79 bits per heavy atom. The lowest BCUT2D eigenvalue weighted by molar-refractivity contribution is -0.119. The van der Waals surface area contributed by atoms with Crippen molar-refractivity contribution in [1.29, 1.82) is 0 Å². The first kappa shape index (κ1) is 13.9. The van der Waals surface area contributed by atoms with Crippen molar-refractivity contribution in [1.82, 2.24) is 5.32 Å². The molecule has 1 fully saturated rings. The number of para-hydroxylation sites is 1. The van der Waals surface area contributed by atoms with Crippen LogP contribution in [0.2, 0.25) is 0 Å². The van der Waals surface area contributed by atoms with Gasteiger partial charge in [0.15, 0.2) is 0 Å². The summed E-state index contributed by atoms with van der Waals surface area (Å²) < 4.78 is 0. The maximum Gasteiger partial charge on any atom is 0.239 e. The van der Waals surface area contributed by atoms with Crippen LogP contribution in [0.5, 0.6) is 0 Å². The van der Waals surface area contributed by atoms with Crippen molar-refractivity contribution in [3.63, 3.8) is 0 Å². The van der Waals surface area contributed by atoms with Crippen LogP contribution in [0.25, 0.3) is 0 Å². The Balaban J connectivity index is 1.64. The van der Waals surface area contributed by atoms with Gasteiger partial charge in [-0.1, -0.05) is 38.0 Å². The second-order valence-corrected chi connectivity index (χ2v) is 5.66. The highest BCUT2D eigenvalue weighted by molar-refractivity contribution is 5.80. The molecule has 1 aliphatic carbocycles. The predicted molar refractivity (Wildman–Crippen MR) is 79.1 cm³/mol. The van der Waals surface area contributed by atoms with E-state index in [-0.39, 0.29) is 5.91 Å². The molecule has 1 amide bonds. The molecule has 2 rings (SSSR count). The summed E-state index contributed by atoms with van der Waals surface area (Å²) in [6.45, 7) is 3.50. The van der Waals surface area contributed by atoms with Crippen molar-refractivity contribution in [3.8, 4) is 0 Å². The Hall–Kier alpha value is -1.51. The zero-order chi connectivity index (χ0) is 13.5. The molecular weight excluding hydrogens is 236 g/mol. The summed E-state index contributed by atoms with van der Waals surface area (Å²) in [5, 5.41) is 6.17. The van der Waals surface area contributed by atoms with E-state index in [9.17, 15) is 4.79 Å². The van der Waals surface area contributed by atoms with Gasteiger partial charge in [0.1, 0.15) is 0 Å². The number of hydrogen-bond acceptors (Lipinski definition) is 2. The first-order valence-corrected chi connectivity index (χ1v) is 7.29. The highest BCUT2D eigenvalue weighted by Gasteiger charge is 2.19. The second-order valence-electron chi connectivity index (χ2n) is 5.66. The lowest BCUT2D eigenvalue weighted by Crippen LogP contribution is -2.35. The van der Waals surface area contributed by atoms with E-state index in [0.717, 1.165) is 18.2 Å². The monoisotopic (exact) mass is 260 g/mol. The van der Waals surface area contributed by atoms with Crippen molar-refractivity contribution in [3.05, 3.63) is 30.3 Å². The number of hydrogen-bond donors (Lipinski definition) is 2. The van der Waals surface area contributed by atoms with Gasteiger partial charge in [0.2, 0.25) is 5.91 Å². The number of anilines is 1. The molecule has 1 aromatic rings. The number of benzene rings is 1. The summed E-state index contributed by atoms with van der Waals surface area (Å²) in [4.78, 5) is 11.8. The van der Waals surface area contributed by atoms with Crippen molar-refractivity contribution in [2.24, 2.45) is 11.8 Å². The summed E-state index contributed by atoms with van der Waals surface area (Å²) in [5.41, 5.74) is 0.990. The zero-order valence-corrected chi connectivity index (χ0v) is 11.7. The maximum atomic E-state index is 11.8. The fraction of sp³-hybridized carbons (Fsp3) is 0.562. The van der Waals surface area contributed by atoms with E-state index in [0.29, 0.717) is 12.5 Å². The van der Waals surface area contributed by atoms with Gasteiger partial charge in [-0.15, -0.1) is 0 Å². The van der Waals surface area contributed by atoms with Gasteiger partial charge in [-0.2, -0.15) is 0 Å². The maximum absolute atomic E-state index is 11.8.